The highest BCUT2D eigenvalue weighted by molar-refractivity contribution is 14.0. The number of nitrogens with zero attached hydrogens (tertiary/aromatic N) is 3. The van der Waals surface area contributed by atoms with E-state index in [0.29, 0.717) is 5.92 Å². The first kappa shape index (κ1) is 20.9. The van der Waals surface area contributed by atoms with Gasteiger partial charge < -0.3 is 24.6 Å². The van der Waals surface area contributed by atoms with Crippen molar-refractivity contribution >= 4 is 29.9 Å². The van der Waals surface area contributed by atoms with Crippen LogP contribution in [0.3, 0.4) is 0 Å². The normalized spacial score (nSPS) is 18.7. The van der Waals surface area contributed by atoms with Gasteiger partial charge in [-0.15, -0.1) is 24.0 Å². The van der Waals surface area contributed by atoms with Crippen molar-refractivity contribution < 1.29 is 9.47 Å². The minimum Gasteiger partial charge on any atom is -0.383 e. The summed E-state index contributed by atoms with van der Waals surface area (Å²) in [6, 6.07) is 0. The number of guanidine groups is 1. The third-order valence-corrected chi connectivity index (χ3v) is 3.58. The summed E-state index contributed by atoms with van der Waals surface area (Å²) in [7, 11) is 7.75. The van der Waals surface area contributed by atoms with Crippen molar-refractivity contribution in [3.8, 4) is 0 Å². The third-order valence-electron chi connectivity index (χ3n) is 3.58. The summed E-state index contributed by atoms with van der Waals surface area (Å²) in [5.41, 5.74) is 0. The van der Waals surface area contributed by atoms with Crippen LogP contribution in [0.4, 0.5) is 0 Å². The van der Waals surface area contributed by atoms with Crippen LogP contribution in [0.15, 0.2) is 4.99 Å². The smallest absolute Gasteiger partial charge is 0.193 e. The summed E-state index contributed by atoms with van der Waals surface area (Å²) in [6.07, 6.45) is 1.15. The summed E-state index contributed by atoms with van der Waals surface area (Å²) in [6.45, 7) is 6.36. The first-order valence-electron chi connectivity index (χ1n) is 7.34. The maximum atomic E-state index is 5.42. The number of aliphatic imine (C=N–C) groups is 1. The van der Waals surface area contributed by atoms with Crippen molar-refractivity contribution in [1.82, 2.24) is 15.1 Å². The molecule has 7 heteroatoms. The van der Waals surface area contributed by atoms with E-state index in [1.54, 1.807) is 7.11 Å². The van der Waals surface area contributed by atoms with Crippen LogP contribution in [-0.4, -0.2) is 90.0 Å². The average molecular weight is 414 g/mol. The van der Waals surface area contributed by atoms with Crippen molar-refractivity contribution in [1.29, 1.82) is 0 Å². The first-order valence-corrected chi connectivity index (χ1v) is 7.34. The van der Waals surface area contributed by atoms with Crippen LogP contribution in [0.25, 0.3) is 0 Å². The van der Waals surface area contributed by atoms with Crippen LogP contribution in [0, 0.1) is 5.92 Å². The van der Waals surface area contributed by atoms with Gasteiger partial charge in [0.15, 0.2) is 5.96 Å². The van der Waals surface area contributed by atoms with Crippen LogP contribution < -0.4 is 5.32 Å². The number of methoxy groups -OCH3 is 1. The number of likely N-dealkylation sites (N-methyl/N-ethyl adjacent to an activating group) is 1. The molecule has 0 aromatic carbocycles. The molecule has 0 bridgehead atoms. The van der Waals surface area contributed by atoms with Crippen LogP contribution in [0.5, 0.6) is 0 Å². The molecule has 1 fully saturated rings. The Bertz CT molecular complexity index is 286. The molecule has 1 saturated heterocycles. The quantitative estimate of drug-likeness (QED) is 0.361. The van der Waals surface area contributed by atoms with E-state index in [-0.39, 0.29) is 24.0 Å². The summed E-state index contributed by atoms with van der Waals surface area (Å²) < 4.78 is 10.5. The van der Waals surface area contributed by atoms with Crippen molar-refractivity contribution in [2.75, 3.05) is 74.3 Å². The Morgan fingerprint density at radius 1 is 1.38 bits per heavy atom. The molecule has 1 heterocycles. The SMILES string of the molecule is CN=C(NCCN(C)CCOC)N(C)CC1CCOC1.I. The minimum atomic E-state index is 0. The Labute approximate surface area is 146 Å². The lowest BCUT2D eigenvalue weighted by Gasteiger charge is -2.25. The van der Waals surface area contributed by atoms with Gasteiger partial charge in [0.2, 0.25) is 0 Å². The molecule has 126 valence electrons. The highest BCUT2D eigenvalue weighted by Gasteiger charge is 2.18. The molecule has 0 aromatic heterocycles. The van der Waals surface area contributed by atoms with E-state index in [4.69, 9.17) is 9.47 Å². The summed E-state index contributed by atoms with van der Waals surface area (Å²) in [5.74, 6) is 1.58. The fourth-order valence-corrected chi connectivity index (χ4v) is 2.30. The third kappa shape index (κ3) is 8.80. The number of nitrogens with one attached hydrogen (secondary N) is 1. The van der Waals surface area contributed by atoms with E-state index >= 15 is 0 Å². The number of hydrogen-bond donors (Lipinski definition) is 1. The van der Waals surface area contributed by atoms with Crippen molar-refractivity contribution in [2.24, 2.45) is 10.9 Å². The van der Waals surface area contributed by atoms with Gasteiger partial charge in [-0.25, -0.2) is 0 Å². The Morgan fingerprint density at radius 2 is 2.14 bits per heavy atom. The lowest BCUT2D eigenvalue weighted by molar-refractivity contribution is 0.162. The second-order valence-electron chi connectivity index (χ2n) is 5.38. The topological polar surface area (TPSA) is 49.3 Å². The molecule has 0 saturated carbocycles. The van der Waals surface area contributed by atoms with E-state index in [9.17, 15) is 0 Å². The fraction of sp³-hybridized carbons (Fsp3) is 0.929. The maximum Gasteiger partial charge on any atom is 0.193 e. The fourth-order valence-electron chi connectivity index (χ4n) is 2.30. The van der Waals surface area contributed by atoms with E-state index < -0.39 is 0 Å². The Morgan fingerprint density at radius 3 is 2.71 bits per heavy atom. The van der Waals surface area contributed by atoms with Gasteiger partial charge in [-0.3, -0.25) is 4.99 Å². The second kappa shape index (κ2) is 12.4. The van der Waals surface area contributed by atoms with E-state index in [1.807, 2.05) is 7.05 Å². The largest absolute Gasteiger partial charge is 0.383 e. The molecule has 1 aliphatic rings. The zero-order chi connectivity index (χ0) is 14.8. The van der Waals surface area contributed by atoms with Crippen molar-refractivity contribution in [3.63, 3.8) is 0 Å². The Kier molecular flexibility index (Phi) is 12.4. The molecular weight excluding hydrogens is 383 g/mol. The van der Waals surface area contributed by atoms with Crippen LogP contribution in [0.1, 0.15) is 6.42 Å². The van der Waals surface area contributed by atoms with Crippen LogP contribution in [0.2, 0.25) is 0 Å². The number of ether oxygens (including phenoxy) is 2. The number of halogens is 1. The molecule has 0 spiro atoms. The predicted molar refractivity (Wildman–Crippen MR) is 97.7 cm³/mol. The molecule has 1 aliphatic heterocycles. The monoisotopic (exact) mass is 414 g/mol. The lowest BCUT2D eigenvalue weighted by atomic mass is 10.1. The molecule has 0 aromatic rings. The molecule has 1 N–H and O–H groups in total. The van der Waals surface area contributed by atoms with Gasteiger partial charge >= 0.3 is 0 Å². The average Bonchev–Trinajstić information content (AvgIpc) is 2.94. The molecule has 21 heavy (non-hydrogen) atoms. The Hall–Kier alpha value is -0.120. The highest BCUT2D eigenvalue weighted by atomic mass is 127. The van der Waals surface area contributed by atoms with E-state index in [2.05, 4.69) is 34.2 Å². The minimum absolute atomic E-state index is 0. The maximum absolute atomic E-state index is 5.42. The van der Waals surface area contributed by atoms with Gasteiger partial charge in [0.1, 0.15) is 0 Å². The summed E-state index contributed by atoms with van der Waals surface area (Å²) >= 11 is 0. The number of hydrogen-bond acceptors (Lipinski definition) is 4. The highest BCUT2D eigenvalue weighted by Crippen LogP contribution is 2.13. The second-order valence-corrected chi connectivity index (χ2v) is 5.38. The molecule has 1 rings (SSSR count). The van der Waals surface area contributed by atoms with Gasteiger partial charge in [-0.05, 0) is 13.5 Å². The lowest BCUT2D eigenvalue weighted by Crippen LogP contribution is -2.44. The summed E-state index contributed by atoms with van der Waals surface area (Å²) in [4.78, 5) is 8.77. The molecule has 6 nitrogen and oxygen atoms in total. The molecule has 0 amide bonds. The van der Waals surface area contributed by atoms with Gasteiger partial charge in [0, 0.05) is 59.9 Å². The van der Waals surface area contributed by atoms with Gasteiger partial charge in [-0.2, -0.15) is 0 Å². The van der Waals surface area contributed by atoms with E-state index in [0.717, 1.165) is 58.4 Å². The molecule has 1 unspecified atom stereocenters. The first-order chi connectivity index (χ1) is 9.67. The van der Waals surface area contributed by atoms with Crippen molar-refractivity contribution in [3.05, 3.63) is 0 Å². The molecule has 0 aliphatic carbocycles. The van der Waals surface area contributed by atoms with Crippen LogP contribution in [-0.2, 0) is 9.47 Å². The van der Waals surface area contributed by atoms with Crippen LogP contribution >= 0.6 is 24.0 Å². The van der Waals surface area contributed by atoms with Gasteiger partial charge in [-0.1, -0.05) is 0 Å². The van der Waals surface area contributed by atoms with Crippen molar-refractivity contribution in [2.45, 2.75) is 6.42 Å². The zero-order valence-corrected chi connectivity index (χ0v) is 16.1. The molecular formula is C14H31IN4O2. The zero-order valence-electron chi connectivity index (χ0n) is 13.8. The predicted octanol–water partition coefficient (Wildman–Crippen LogP) is 0.726. The number of rotatable bonds is 8. The summed E-state index contributed by atoms with van der Waals surface area (Å²) in [5, 5.41) is 3.40. The van der Waals surface area contributed by atoms with Gasteiger partial charge in [0.25, 0.3) is 0 Å². The van der Waals surface area contributed by atoms with E-state index in [1.165, 1.54) is 0 Å². The molecule has 1 atom stereocenters. The van der Waals surface area contributed by atoms with Gasteiger partial charge in [0.05, 0.1) is 13.2 Å². The standard InChI is InChI=1S/C14H30N4O2.HI/c1-15-14(16-6-7-17(2)8-10-19-4)18(3)11-13-5-9-20-12-13;/h13H,5-12H2,1-4H3,(H,15,16);1H. The molecule has 0 radical (unpaired) electrons. The Balaban J connectivity index is 0.00000400.